The van der Waals surface area contributed by atoms with Crippen molar-refractivity contribution in [1.82, 2.24) is 4.90 Å². The van der Waals surface area contributed by atoms with Gasteiger partial charge in [-0.05, 0) is 6.92 Å². The molecule has 0 radical (unpaired) electrons. The number of nitrogens with zero attached hydrogens (tertiary/aromatic N) is 1. The van der Waals surface area contributed by atoms with Gasteiger partial charge in [0.1, 0.15) is 11.2 Å². The summed E-state index contributed by atoms with van der Waals surface area (Å²) in [4.78, 5) is 12.9. The number of thioether (sulfide) groups is 1. The third kappa shape index (κ3) is 3.75. The number of hydrogen-bond donors (Lipinski definition) is 0. The van der Waals surface area contributed by atoms with E-state index in [2.05, 4.69) is 0 Å². The van der Waals surface area contributed by atoms with Crippen LogP contribution in [0.2, 0.25) is 0 Å². The van der Waals surface area contributed by atoms with E-state index < -0.39 is 15.2 Å². The molecular weight excluding hydrogens is 246 g/mol. The first kappa shape index (κ1) is 14.0. The highest BCUT2D eigenvalue weighted by Crippen LogP contribution is 2.21. The standard InChI is InChI=1S/C10H19NO3S2/c1-3-16(13,14)10-8-15-7-6-11(10)5-4-9(2)12/h10H,3-8H2,1-2H3. The molecule has 0 amide bonds. The molecule has 4 nitrogen and oxygen atoms in total. The van der Waals surface area contributed by atoms with E-state index in [9.17, 15) is 13.2 Å². The van der Waals surface area contributed by atoms with Gasteiger partial charge in [0.25, 0.3) is 0 Å². The van der Waals surface area contributed by atoms with Gasteiger partial charge in [-0.25, -0.2) is 8.42 Å². The molecule has 0 bridgehead atoms. The van der Waals surface area contributed by atoms with Gasteiger partial charge in [-0.3, -0.25) is 9.69 Å². The Morgan fingerprint density at radius 1 is 1.50 bits per heavy atom. The Labute approximate surface area is 102 Å². The summed E-state index contributed by atoms with van der Waals surface area (Å²) in [7, 11) is -3.02. The van der Waals surface area contributed by atoms with Crippen LogP contribution < -0.4 is 0 Å². The molecule has 0 N–H and O–H groups in total. The van der Waals surface area contributed by atoms with Crippen LogP contribution in [0.4, 0.5) is 0 Å². The predicted octanol–water partition coefficient (Wildman–Crippen LogP) is 0.775. The highest BCUT2D eigenvalue weighted by Gasteiger charge is 2.32. The van der Waals surface area contributed by atoms with Crippen molar-refractivity contribution in [2.45, 2.75) is 25.6 Å². The van der Waals surface area contributed by atoms with Crippen molar-refractivity contribution in [3.8, 4) is 0 Å². The topological polar surface area (TPSA) is 54.5 Å². The fourth-order valence-electron chi connectivity index (χ4n) is 1.70. The maximum absolute atomic E-state index is 11.9. The van der Waals surface area contributed by atoms with E-state index in [1.54, 1.807) is 25.6 Å². The van der Waals surface area contributed by atoms with Crippen LogP contribution >= 0.6 is 11.8 Å². The number of carbonyl (C=O) groups excluding carboxylic acids is 1. The molecule has 1 rings (SSSR count). The molecule has 0 saturated carbocycles. The smallest absolute Gasteiger partial charge is 0.166 e. The van der Waals surface area contributed by atoms with Crippen LogP contribution in [0.3, 0.4) is 0 Å². The average Bonchev–Trinajstić information content (AvgIpc) is 2.26. The molecular formula is C10H19NO3S2. The fraction of sp³-hybridized carbons (Fsp3) is 0.900. The van der Waals surface area contributed by atoms with E-state index >= 15 is 0 Å². The molecule has 0 aliphatic carbocycles. The third-order valence-electron chi connectivity index (χ3n) is 2.76. The molecule has 1 aliphatic heterocycles. The maximum atomic E-state index is 11.9. The Bertz CT molecular complexity index is 340. The van der Waals surface area contributed by atoms with Gasteiger partial charge >= 0.3 is 0 Å². The Morgan fingerprint density at radius 3 is 2.75 bits per heavy atom. The number of hydrogen-bond acceptors (Lipinski definition) is 5. The molecule has 1 atom stereocenters. The number of rotatable bonds is 5. The van der Waals surface area contributed by atoms with Crippen LogP contribution in [0.5, 0.6) is 0 Å². The van der Waals surface area contributed by atoms with Crippen LogP contribution in [-0.2, 0) is 14.6 Å². The molecule has 0 aromatic rings. The van der Waals surface area contributed by atoms with Crippen LogP contribution in [0.25, 0.3) is 0 Å². The summed E-state index contributed by atoms with van der Waals surface area (Å²) in [5.41, 5.74) is 0. The lowest BCUT2D eigenvalue weighted by molar-refractivity contribution is -0.117. The van der Waals surface area contributed by atoms with E-state index in [0.717, 1.165) is 12.3 Å². The molecule has 16 heavy (non-hydrogen) atoms. The zero-order chi connectivity index (χ0) is 12.2. The van der Waals surface area contributed by atoms with Gasteiger partial charge in [0.05, 0.1) is 0 Å². The zero-order valence-electron chi connectivity index (χ0n) is 9.81. The molecule has 6 heteroatoms. The average molecular weight is 265 g/mol. The second-order valence-electron chi connectivity index (χ2n) is 3.97. The summed E-state index contributed by atoms with van der Waals surface area (Å²) in [6, 6.07) is 0. The monoisotopic (exact) mass is 265 g/mol. The normalized spacial score (nSPS) is 23.2. The third-order valence-corrected chi connectivity index (χ3v) is 6.09. The van der Waals surface area contributed by atoms with Crippen molar-refractivity contribution in [3.63, 3.8) is 0 Å². The molecule has 1 fully saturated rings. The second-order valence-corrected chi connectivity index (χ2v) is 7.57. The van der Waals surface area contributed by atoms with Gasteiger partial charge in [0, 0.05) is 36.8 Å². The Kier molecular flexibility index (Phi) is 5.27. The molecule has 1 aliphatic rings. The maximum Gasteiger partial charge on any atom is 0.166 e. The zero-order valence-corrected chi connectivity index (χ0v) is 11.4. The highest BCUT2D eigenvalue weighted by atomic mass is 32.2. The number of Topliss-reactive ketones (excluding diaryl/α,β-unsaturated/α-hetero) is 1. The molecule has 0 aromatic carbocycles. The lowest BCUT2D eigenvalue weighted by atomic mass is 10.3. The number of sulfone groups is 1. The largest absolute Gasteiger partial charge is 0.300 e. The van der Waals surface area contributed by atoms with Crippen molar-refractivity contribution in [2.75, 3.05) is 30.3 Å². The van der Waals surface area contributed by atoms with E-state index in [0.29, 0.717) is 18.7 Å². The summed E-state index contributed by atoms with van der Waals surface area (Å²) in [5.74, 6) is 1.88. The summed E-state index contributed by atoms with van der Waals surface area (Å²) in [5, 5.41) is -0.393. The van der Waals surface area contributed by atoms with E-state index in [4.69, 9.17) is 0 Å². The summed E-state index contributed by atoms with van der Waals surface area (Å²) < 4.78 is 23.7. The lowest BCUT2D eigenvalue weighted by Crippen LogP contribution is -2.48. The summed E-state index contributed by atoms with van der Waals surface area (Å²) in [6.07, 6.45) is 0.445. The molecule has 0 spiro atoms. The Balaban J connectivity index is 2.68. The van der Waals surface area contributed by atoms with Crippen LogP contribution in [0.15, 0.2) is 0 Å². The molecule has 1 heterocycles. The number of ketones is 1. The van der Waals surface area contributed by atoms with Gasteiger partial charge in [0.2, 0.25) is 0 Å². The van der Waals surface area contributed by atoms with E-state index in [1.165, 1.54) is 0 Å². The van der Waals surface area contributed by atoms with Gasteiger partial charge in [-0.2, -0.15) is 11.8 Å². The van der Waals surface area contributed by atoms with Crippen molar-refractivity contribution in [2.24, 2.45) is 0 Å². The van der Waals surface area contributed by atoms with Crippen LogP contribution in [0.1, 0.15) is 20.3 Å². The summed E-state index contributed by atoms with van der Waals surface area (Å²) in [6.45, 7) is 4.56. The van der Waals surface area contributed by atoms with Crippen molar-refractivity contribution < 1.29 is 13.2 Å². The Morgan fingerprint density at radius 2 is 2.19 bits per heavy atom. The van der Waals surface area contributed by atoms with Crippen LogP contribution in [0, 0.1) is 0 Å². The minimum absolute atomic E-state index is 0.117. The fourth-order valence-corrected chi connectivity index (χ4v) is 4.81. The minimum atomic E-state index is -3.02. The van der Waals surface area contributed by atoms with Gasteiger partial charge in [0.15, 0.2) is 9.84 Å². The van der Waals surface area contributed by atoms with Gasteiger partial charge < -0.3 is 0 Å². The predicted molar refractivity (Wildman–Crippen MR) is 67.4 cm³/mol. The number of carbonyl (C=O) groups is 1. The molecule has 94 valence electrons. The van der Waals surface area contributed by atoms with Crippen molar-refractivity contribution in [3.05, 3.63) is 0 Å². The van der Waals surface area contributed by atoms with Gasteiger partial charge in [-0.1, -0.05) is 6.92 Å². The first-order chi connectivity index (χ1) is 7.47. The van der Waals surface area contributed by atoms with Crippen LogP contribution in [-0.4, -0.2) is 54.8 Å². The van der Waals surface area contributed by atoms with Crippen molar-refractivity contribution >= 4 is 27.4 Å². The first-order valence-corrected chi connectivity index (χ1v) is 8.37. The quantitative estimate of drug-likeness (QED) is 0.735. The van der Waals surface area contributed by atoms with E-state index in [-0.39, 0.29) is 11.5 Å². The van der Waals surface area contributed by atoms with Crippen molar-refractivity contribution in [1.29, 1.82) is 0 Å². The SMILES string of the molecule is CCS(=O)(=O)C1CSCCN1CCC(C)=O. The lowest BCUT2D eigenvalue weighted by Gasteiger charge is -2.34. The molecule has 1 saturated heterocycles. The Hall–Kier alpha value is -0.0700. The second kappa shape index (κ2) is 6.02. The molecule has 0 aromatic heterocycles. The molecule has 1 unspecified atom stereocenters. The first-order valence-electron chi connectivity index (χ1n) is 5.50. The van der Waals surface area contributed by atoms with Gasteiger partial charge in [-0.15, -0.1) is 0 Å². The summed E-state index contributed by atoms with van der Waals surface area (Å²) >= 11 is 1.68. The highest BCUT2D eigenvalue weighted by molar-refractivity contribution is 8.01. The minimum Gasteiger partial charge on any atom is -0.300 e. The van der Waals surface area contributed by atoms with E-state index in [1.807, 2.05) is 4.90 Å².